The number of benzene rings is 2. The molecule has 0 heterocycles. The number of hydrogen-bond acceptors (Lipinski definition) is 2. The lowest BCUT2D eigenvalue weighted by atomic mass is 10.1. The van der Waals surface area contributed by atoms with Crippen LogP contribution in [0.5, 0.6) is 5.75 Å². The van der Waals surface area contributed by atoms with Gasteiger partial charge in [-0.3, -0.25) is 0 Å². The number of para-hydroxylation sites is 1. The van der Waals surface area contributed by atoms with Crippen LogP contribution in [0.3, 0.4) is 0 Å². The molecule has 0 amide bonds. The average molecular weight is 268 g/mol. The standard InChI is InChI=1S/C14H14FNO.ClH/c15-12-8-4-5-9-14(12)17-10-13(16)11-6-2-1-3-7-11;/h1-9,13H,10,16H2;1H. The van der Waals surface area contributed by atoms with Crippen LogP contribution in [0.2, 0.25) is 0 Å². The van der Waals surface area contributed by atoms with Crippen LogP contribution in [-0.2, 0) is 0 Å². The summed E-state index contributed by atoms with van der Waals surface area (Å²) in [6, 6.07) is 15.7. The monoisotopic (exact) mass is 267 g/mol. The van der Waals surface area contributed by atoms with Crippen LogP contribution in [-0.4, -0.2) is 6.61 Å². The highest BCUT2D eigenvalue weighted by molar-refractivity contribution is 5.85. The fourth-order valence-corrected chi connectivity index (χ4v) is 1.54. The first-order valence-corrected chi connectivity index (χ1v) is 5.45. The second kappa shape index (κ2) is 6.99. The second-order valence-corrected chi connectivity index (χ2v) is 3.76. The molecule has 0 aromatic heterocycles. The van der Waals surface area contributed by atoms with Crippen molar-refractivity contribution in [2.45, 2.75) is 6.04 Å². The summed E-state index contributed by atoms with van der Waals surface area (Å²) in [6.07, 6.45) is 0. The molecular weight excluding hydrogens is 253 g/mol. The minimum atomic E-state index is -0.368. The molecule has 0 saturated carbocycles. The third-order valence-electron chi connectivity index (χ3n) is 2.48. The van der Waals surface area contributed by atoms with E-state index in [0.29, 0.717) is 0 Å². The lowest BCUT2D eigenvalue weighted by Gasteiger charge is -2.13. The number of halogens is 2. The summed E-state index contributed by atoms with van der Waals surface area (Å²) in [4.78, 5) is 0. The fraction of sp³-hybridized carbons (Fsp3) is 0.143. The van der Waals surface area contributed by atoms with Gasteiger partial charge >= 0.3 is 0 Å². The largest absolute Gasteiger partial charge is 0.489 e. The maximum absolute atomic E-state index is 13.3. The average Bonchev–Trinajstić information content (AvgIpc) is 2.38. The third-order valence-corrected chi connectivity index (χ3v) is 2.48. The van der Waals surface area contributed by atoms with Crippen LogP contribution in [0, 0.1) is 5.82 Å². The van der Waals surface area contributed by atoms with Gasteiger partial charge in [-0.25, -0.2) is 4.39 Å². The van der Waals surface area contributed by atoms with E-state index in [1.807, 2.05) is 30.3 Å². The summed E-state index contributed by atoms with van der Waals surface area (Å²) in [7, 11) is 0. The van der Waals surface area contributed by atoms with Crippen LogP contribution in [0.15, 0.2) is 54.6 Å². The molecule has 0 aliphatic rings. The van der Waals surface area contributed by atoms with Gasteiger partial charge in [-0.05, 0) is 17.7 Å². The van der Waals surface area contributed by atoms with Crippen molar-refractivity contribution >= 4 is 12.4 Å². The third kappa shape index (κ3) is 3.72. The van der Waals surface area contributed by atoms with Crippen molar-refractivity contribution in [2.24, 2.45) is 5.73 Å². The Labute approximate surface area is 112 Å². The quantitative estimate of drug-likeness (QED) is 0.922. The highest BCUT2D eigenvalue weighted by atomic mass is 35.5. The summed E-state index contributed by atoms with van der Waals surface area (Å²) in [5, 5.41) is 0. The molecule has 4 heteroatoms. The van der Waals surface area contributed by atoms with Gasteiger partial charge in [0, 0.05) is 0 Å². The molecule has 0 bridgehead atoms. The van der Waals surface area contributed by atoms with Gasteiger partial charge in [-0.15, -0.1) is 12.4 Å². The summed E-state index contributed by atoms with van der Waals surface area (Å²) >= 11 is 0. The smallest absolute Gasteiger partial charge is 0.165 e. The van der Waals surface area contributed by atoms with Gasteiger partial charge in [-0.1, -0.05) is 42.5 Å². The molecule has 1 unspecified atom stereocenters. The van der Waals surface area contributed by atoms with E-state index in [1.54, 1.807) is 18.2 Å². The Morgan fingerprint density at radius 3 is 2.28 bits per heavy atom. The Balaban J connectivity index is 0.00000162. The minimum absolute atomic E-state index is 0. The van der Waals surface area contributed by atoms with Crippen molar-refractivity contribution < 1.29 is 9.13 Å². The highest BCUT2D eigenvalue weighted by Gasteiger charge is 2.08. The molecule has 0 radical (unpaired) electrons. The lowest BCUT2D eigenvalue weighted by molar-refractivity contribution is 0.277. The van der Waals surface area contributed by atoms with E-state index in [4.69, 9.17) is 10.5 Å². The van der Waals surface area contributed by atoms with E-state index in [9.17, 15) is 4.39 Å². The summed E-state index contributed by atoms with van der Waals surface area (Å²) in [5.41, 5.74) is 6.92. The van der Waals surface area contributed by atoms with E-state index in [1.165, 1.54) is 6.07 Å². The highest BCUT2D eigenvalue weighted by Crippen LogP contribution is 2.17. The fourth-order valence-electron chi connectivity index (χ4n) is 1.54. The maximum atomic E-state index is 13.3. The predicted molar refractivity (Wildman–Crippen MR) is 72.5 cm³/mol. The number of hydrogen-bond donors (Lipinski definition) is 1. The predicted octanol–water partition coefficient (Wildman–Crippen LogP) is 3.33. The molecule has 0 fully saturated rings. The van der Waals surface area contributed by atoms with E-state index in [-0.39, 0.29) is 36.6 Å². The molecule has 2 aromatic rings. The first-order valence-electron chi connectivity index (χ1n) is 5.45. The molecule has 0 spiro atoms. The first-order chi connectivity index (χ1) is 8.27. The molecule has 2 N–H and O–H groups in total. The van der Waals surface area contributed by atoms with E-state index >= 15 is 0 Å². The SMILES string of the molecule is Cl.NC(COc1ccccc1F)c1ccccc1. The van der Waals surface area contributed by atoms with Gasteiger partial charge in [0.1, 0.15) is 6.61 Å². The van der Waals surface area contributed by atoms with E-state index in [2.05, 4.69) is 0 Å². The number of ether oxygens (including phenoxy) is 1. The van der Waals surface area contributed by atoms with E-state index in [0.717, 1.165) is 5.56 Å². The van der Waals surface area contributed by atoms with Crippen molar-refractivity contribution in [3.05, 3.63) is 66.0 Å². The van der Waals surface area contributed by atoms with Crippen LogP contribution >= 0.6 is 12.4 Å². The molecule has 96 valence electrons. The molecule has 0 aliphatic carbocycles. The van der Waals surface area contributed by atoms with Crippen molar-refractivity contribution in [1.29, 1.82) is 0 Å². The summed E-state index contributed by atoms with van der Waals surface area (Å²) in [5.74, 6) is -0.133. The maximum Gasteiger partial charge on any atom is 0.165 e. The summed E-state index contributed by atoms with van der Waals surface area (Å²) in [6.45, 7) is 0.255. The zero-order valence-corrected chi connectivity index (χ0v) is 10.6. The zero-order chi connectivity index (χ0) is 12.1. The second-order valence-electron chi connectivity index (χ2n) is 3.76. The van der Waals surface area contributed by atoms with Crippen LogP contribution < -0.4 is 10.5 Å². The molecule has 18 heavy (non-hydrogen) atoms. The van der Waals surface area contributed by atoms with Crippen molar-refractivity contribution in [2.75, 3.05) is 6.61 Å². The van der Waals surface area contributed by atoms with Crippen molar-refractivity contribution in [3.63, 3.8) is 0 Å². The molecule has 2 rings (SSSR count). The van der Waals surface area contributed by atoms with Gasteiger partial charge in [0.15, 0.2) is 11.6 Å². The van der Waals surface area contributed by atoms with Crippen LogP contribution in [0.1, 0.15) is 11.6 Å². The molecule has 2 nitrogen and oxygen atoms in total. The Kier molecular flexibility index (Phi) is 5.62. The van der Waals surface area contributed by atoms with Gasteiger partial charge in [0.25, 0.3) is 0 Å². The Bertz CT molecular complexity index is 478. The lowest BCUT2D eigenvalue weighted by Crippen LogP contribution is -2.19. The zero-order valence-electron chi connectivity index (χ0n) is 9.75. The topological polar surface area (TPSA) is 35.2 Å². The van der Waals surface area contributed by atoms with E-state index < -0.39 is 0 Å². The molecule has 0 saturated heterocycles. The van der Waals surface area contributed by atoms with Gasteiger partial charge < -0.3 is 10.5 Å². The molecule has 1 atom stereocenters. The number of rotatable bonds is 4. The van der Waals surface area contributed by atoms with Crippen LogP contribution in [0.4, 0.5) is 4.39 Å². The van der Waals surface area contributed by atoms with Gasteiger partial charge in [0.05, 0.1) is 6.04 Å². The number of nitrogens with two attached hydrogens (primary N) is 1. The van der Waals surface area contributed by atoms with Crippen LogP contribution in [0.25, 0.3) is 0 Å². The van der Waals surface area contributed by atoms with Crippen molar-refractivity contribution in [1.82, 2.24) is 0 Å². The molecule has 0 aliphatic heterocycles. The van der Waals surface area contributed by atoms with Gasteiger partial charge in [-0.2, -0.15) is 0 Å². The van der Waals surface area contributed by atoms with Gasteiger partial charge in [0.2, 0.25) is 0 Å². The first kappa shape index (κ1) is 14.5. The normalized spacial score (nSPS) is 11.4. The van der Waals surface area contributed by atoms with Crippen molar-refractivity contribution in [3.8, 4) is 5.75 Å². The Morgan fingerprint density at radius 1 is 1.00 bits per heavy atom. The Morgan fingerprint density at radius 2 is 1.61 bits per heavy atom. The minimum Gasteiger partial charge on any atom is -0.489 e. The Hall–Kier alpha value is -1.58. The molecular formula is C14H15ClFNO. The molecule has 2 aromatic carbocycles. The summed E-state index contributed by atoms with van der Waals surface area (Å²) < 4.78 is 18.6.